The first-order chi connectivity index (χ1) is 5.63. The van der Waals surface area contributed by atoms with E-state index in [0.717, 1.165) is 4.90 Å². The van der Waals surface area contributed by atoms with Crippen LogP contribution in [0.1, 0.15) is 0 Å². The van der Waals surface area contributed by atoms with Gasteiger partial charge in [0.05, 0.1) is 0 Å². The van der Waals surface area contributed by atoms with Gasteiger partial charge in [0.25, 0.3) is 0 Å². The summed E-state index contributed by atoms with van der Waals surface area (Å²) < 4.78 is 0. The van der Waals surface area contributed by atoms with Crippen molar-refractivity contribution in [1.29, 1.82) is 0 Å². The van der Waals surface area contributed by atoms with Crippen molar-refractivity contribution in [1.82, 2.24) is 4.90 Å². The van der Waals surface area contributed by atoms with E-state index in [4.69, 9.17) is 10.8 Å². The van der Waals surface area contributed by atoms with Crippen molar-refractivity contribution in [3.05, 3.63) is 24.4 Å². The van der Waals surface area contributed by atoms with Gasteiger partial charge in [0.2, 0.25) is 0 Å². The summed E-state index contributed by atoms with van der Waals surface area (Å²) in [6.45, 7) is 0. The average Bonchev–Trinajstić information content (AvgIpc) is 2.04. The van der Waals surface area contributed by atoms with Crippen molar-refractivity contribution in [2.24, 2.45) is 5.73 Å². The third-order valence-electron chi connectivity index (χ3n) is 1.46. The number of allylic oxidation sites excluding steroid dienone is 2. The van der Waals surface area contributed by atoms with Gasteiger partial charge in [-0.05, 0) is 6.08 Å². The van der Waals surface area contributed by atoms with Crippen molar-refractivity contribution in [3.63, 3.8) is 0 Å². The van der Waals surface area contributed by atoms with Gasteiger partial charge in [-0.2, -0.15) is 0 Å². The second kappa shape index (κ2) is 3.08. The highest BCUT2D eigenvalue weighted by Crippen LogP contribution is 2.07. The number of nitrogens with zero attached hydrogens (tertiary/aromatic N) is 1. The Bertz CT molecular complexity index is 242. The second-order valence-corrected chi connectivity index (χ2v) is 2.26. The third kappa shape index (κ3) is 1.45. The summed E-state index contributed by atoms with van der Waals surface area (Å²) in [5.74, 6) is -1.10. The van der Waals surface area contributed by atoms with E-state index in [2.05, 4.69) is 0 Å². The smallest absolute Gasteiger partial charge is 0.330 e. The quantitative estimate of drug-likeness (QED) is 0.573. The highest BCUT2D eigenvalue weighted by atomic mass is 16.4. The lowest BCUT2D eigenvalue weighted by Crippen LogP contribution is -2.44. The first-order valence-electron chi connectivity index (χ1n) is 3.28. The molecule has 0 saturated heterocycles. The predicted molar refractivity (Wildman–Crippen MR) is 41.1 cm³/mol. The molecular weight excluding hydrogens is 160 g/mol. The van der Waals surface area contributed by atoms with Crippen LogP contribution in [0.2, 0.25) is 0 Å². The molecule has 5 nitrogen and oxygen atoms in total. The van der Waals surface area contributed by atoms with E-state index in [-0.39, 0.29) is 0 Å². The minimum absolute atomic E-state index is 0.775. The lowest BCUT2D eigenvalue weighted by atomic mass is 10.2. The maximum absolute atomic E-state index is 10.7. The normalized spacial score (nSPS) is 21.0. The van der Waals surface area contributed by atoms with Crippen LogP contribution < -0.4 is 5.73 Å². The number of carboxylic acids is 1. The van der Waals surface area contributed by atoms with Crippen molar-refractivity contribution >= 4 is 12.0 Å². The molecule has 0 aromatic carbocycles. The molecule has 2 amide bonds. The van der Waals surface area contributed by atoms with E-state index in [9.17, 15) is 9.59 Å². The Hall–Kier alpha value is -1.78. The fraction of sp³-hybridized carbons (Fsp3) is 0.143. The first kappa shape index (κ1) is 8.32. The summed E-state index contributed by atoms with van der Waals surface area (Å²) in [7, 11) is 0. The summed E-state index contributed by atoms with van der Waals surface area (Å²) in [4.78, 5) is 22.2. The SMILES string of the molecule is NC(=O)N1C=CC=CC1C(=O)O. The molecule has 3 N–H and O–H groups in total. The average molecular weight is 168 g/mol. The molecule has 0 fully saturated rings. The Morgan fingerprint density at radius 1 is 1.42 bits per heavy atom. The van der Waals surface area contributed by atoms with Crippen molar-refractivity contribution in [3.8, 4) is 0 Å². The predicted octanol–water partition coefficient (Wildman–Crippen LogP) is -0.0962. The van der Waals surface area contributed by atoms with Crippen LogP contribution in [-0.4, -0.2) is 28.0 Å². The molecule has 1 heterocycles. The number of hydrogen-bond acceptors (Lipinski definition) is 2. The minimum atomic E-state index is -1.10. The molecule has 12 heavy (non-hydrogen) atoms. The zero-order valence-electron chi connectivity index (χ0n) is 6.18. The minimum Gasteiger partial charge on any atom is -0.479 e. The Kier molecular flexibility index (Phi) is 2.14. The molecule has 1 unspecified atom stereocenters. The van der Waals surface area contributed by atoms with Gasteiger partial charge < -0.3 is 10.8 Å². The molecule has 0 bridgehead atoms. The van der Waals surface area contributed by atoms with Crippen LogP contribution in [0.15, 0.2) is 24.4 Å². The second-order valence-electron chi connectivity index (χ2n) is 2.26. The highest BCUT2D eigenvalue weighted by molar-refractivity contribution is 5.84. The monoisotopic (exact) mass is 168 g/mol. The van der Waals surface area contributed by atoms with E-state index in [0.29, 0.717) is 0 Å². The maximum Gasteiger partial charge on any atom is 0.330 e. The Morgan fingerprint density at radius 3 is 2.50 bits per heavy atom. The number of aliphatic carboxylic acids is 1. The molecule has 0 saturated carbocycles. The number of carboxylic acid groups (broad SMARTS) is 1. The Labute approximate surface area is 68.8 Å². The molecule has 0 aliphatic carbocycles. The molecule has 1 aliphatic rings. The van der Waals surface area contributed by atoms with Crippen LogP contribution in [-0.2, 0) is 4.79 Å². The van der Waals surface area contributed by atoms with Crippen LogP contribution in [0.3, 0.4) is 0 Å². The van der Waals surface area contributed by atoms with Gasteiger partial charge in [0.15, 0.2) is 6.04 Å². The molecule has 1 aliphatic heterocycles. The van der Waals surface area contributed by atoms with E-state index in [1.54, 1.807) is 12.2 Å². The van der Waals surface area contributed by atoms with Crippen LogP contribution >= 0.6 is 0 Å². The van der Waals surface area contributed by atoms with Crippen LogP contribution in [0.4, 0.5) is 4.79 Å². The highest BCUT2D eigenvalue weighted by Gasteiger charge is 2.24. The van der Waals surface area contributed by atoms with Gasteiger partial charge in [-0.1, -0.05) is 12.2 Å². The number of amides is 2. The van der Waals surface area contributed by atoms with E-state index in [1.165, 1.54) is 12.3 Å². The van der Waals surface area contributed by atoms with E-state index < -0.39 is 18.0 Å². The lowest BCUT2D eigenvalue weighted by molar-refractivity contribution is -0.139. The topological polar surface area (TPSA) is 83.6 Å². The van der Waals surface area contributed by atoms with Crippen LogP contribution in [0, 0.1) is 0 Å². The standard InChI is InChI=1S/C7H8N2O3/c8-7(12)9-4-2-1-3-5(9)6(10)11/h1-5H,(H2,8,12)(H,10,11). The molecule has 0 aromatic rings. The number of nitrogens with two attached hydrogens (primary N) is 1. The zero-order chi connectivity index (χ0) is 9.14. The maximum atomic E-state index is 10.7. The van der Waals surface area contributed by atoms with Crippen LogP contribution in [0.25, 0.3) is 0 Å². The molecule has 5 heteroatoms. The van der Waals surface area contributed by atoms with Crippen molar-refractivity contribution in [2.75, 3.05) is 0 Å². The number of hydrogen-bond donors (Lipinski definition) is 2. The number of carbonyl (C=O) groups excluding carboxylic acids is 1. The van der Waals surface area contributed by atoms with Gasteiger partial charge in [-0.25, -0.2) is 9.59 Å². The van der Waals surface area contributed by atoms with Crippen LogP contribution in [0.5, 0.6) is 0 Å². The fourth-order valence-electron chi connectivity index (χ4n) is 0.909. The molecule has 1 atom stereocenters. The molecular formula is C7H8N2O3. The fourth-order valence-corrected chi connectivity index (χ4v) is 0.909. The molecule has 0 spiro atoms. The van der Waals surface area contributed by atoms with Gasteiger partial charge in [0, 0.05) is 6.20 Å². The molecule has 1 rings (SSSR count). The van der Waals surface area contributed by atoms with E-state index >= 15 is 0 Å². The van der Waals surface area contributed by atoms with Gasteiger partial charge in [0.1, 0.15) is 0 Å². The summed E-state index contributed by atoms with van der Waals surface area (Å²) in [5.41, 5.74) is 4.93. The Balaban J connectivity index is 2.85. The third-order valence-corrected chi connectivity index (χ3v) is 1.46. The van der Waals surface area contributed by atoms with Gasteiger partial charge in [-0.15, -0.1) is 0 Å². The summed E-state index contributed by atoms with van der Waals surface area (Å²) in [5, 5.41) is 8.62. The van der Waals surface area contributed by atoms with Crippen molar-refractivity contribution in [2.45, 2.75) is 6.04 Å². The number of carbonyl (C=O) groups is 2. The molecule has 0 aromatic heterocycles. The number of urea groups is 1. The zero-order valence-corrected chi connectivity index (χ0v) is 6.18. The molecule has 64 valence electrons. The van der Waals surface area contributed by atoms with E-state index in [1.807, 2.05) is 0 Å². The lowest BCUT2D eigenvalue weighted by Gasteiger charge is -2.22. The Morgan fingerprint density at radius 2 is 2.08 bits per heavy atom. The summed E-state index contributed by atoms with van der Waals surface area (Å²) in [6.07, 6.45) is 5.82. The van der Waals surface area contributed by atoms with Crippen molar-refractivity contribution < 1.29 is 14.7 Å². The molecule has 0 radical (unpaired) electrons. The number of rotatable bonds is 1. The summed E-state index contributed by atoms with van der Waals surface area (Å²) >= 11 is 0. The summed E-state index contributed by atoms with van der Waals surface area (Å²) in [6, 6.07) is -1.75. The number of primary amides is 1. The van der Waals surface area contributed by atoms with Gasteiger partial charge >= 0.3 is 12.0 Å². The largest absolute Gasteiger partial charge is 0.479 e. The van der Waals surface area contributed by atoms with Gasteiger partial charge in [-0.3, -0.25) is 4.90 Å². The first-order valence-corrected chi connectivity index (χ1v) is 3.28.